The molecule has 1 aliphatic carbocycles. The minimum Gasteiger partial charge on any atom is -0.399 e. The summed E-state index contributed by atoms with van der Waals surface area (Å²) in [6.07, 6.45) is 13.2. The Morgan fingerprint density at radius 2 is 1.07 bits per heavy atom. The topological polar surface area (TPSA) is 55.0 Å². The highest BCUT2D eigenvalue weighted by molar-refractivity contribution is 8.16. The van der Waals surface area contributed by atoms with Crippen LogP contribution in [0.5, 0.6) is 0 Å². The molecule has 0 unspecified atom stereocenters. The summed E-state index contributed by atoms with van der Waals surface area (Å²) in [5, 5.41) is 0. The molecule has 2 aliphatic rings. The summed E-state index contributed by atoms with van der Waals surface area (Å²) < 4.78 is 2.11. The second-order valence-electron chi connectivity index (χ2n) is 7.26. The highest BCUT2D eigenvalue weighted by Crippen LogP contribution is 2.45. The maximum Gasteiger partial charge on any atom is 0.199 e. The minimum atomic E-state index is 0.771. The summed E-state index contributed by atoms with van der Waals surface area (Å²) >= 11 is 1.77. The van der Waals surface area contributed by atoms with Gasteiger partial charge in [-0.05, 0) is 70.8 Å². The van der Waals surface area contributed by atoms with Crippen LogP contribution in [-0.2, 0) is 0 Å². The zero-order valence-electron chi connectivity index (χ0n) is 16.6. The first kappa shape index (κ1) is 19.1. The Morgan fingerprint density at radius 3 is 1.48 bits per heavy atom. The fourth-order valence-corrected chi connectivity index (χ4v) is 4.32. The minimum absolute atomic E-state index is 0.771. The molecule has 0 fully saturated rings. The molecule has 4 N–H and O–H groups in total. The molecule has 3 nitrogen and oxygen atoms in total. The molecule has 144 valence electrons. The molecule has 0 saturated heterocycles. The van der Waals surface area contributed by atoms with E-state index in [0.717, 1.165) is 22.5 Å². The van der Waals surface area contributed by atoms with Crippen molar-refractivity contribution < 1.29 is 4.58 Å². The first-order chi connectivity index (χ1) is 14.0. The monoisotopic (exact) mass is 398 g/mol. The van der Waals surface area contributed by atoms with Crippen LogP contribution in [0.3, 0.4) is 0 Å². The lowest BCUT2D eigenvalue weighted by Gasteiger charge is -2.19. The van der Waals surface area contributed by atoms with Crippen LogP contribution >= 0.6 is 11.8 Å². The quantitative estimate of drug-likeness (QED) is 0.546. The molecule has 0 saturated carbocycles. The standard InChI is InChI=1S/C25H23N3S/c1-28(2)23-13-7-17(8-14-23)20-15-24(18-3-9-21(26)10-4-18)29-25(16-20)19-5-11-22(27)12-6-19/h3-16H,1-2H3,(H3,26,27)/p+1. The number of thioether (sulfide) groups is 1. The van der Waals surface area contributed by atoms with E-state index >= 15 is 0 Å². The molecule has 0 amide bonds. The lowest BCUT2D eigenvalue weighted by molar-refractivity contribution is -0.462. The van der Waals surface area contributed by atoms with Crippen molar-refractivity contribution in [3.8, 4) is 0 Å². The van der Waals surface area contributed by atoms with Gasteiger partial charge < -0.3 is 11.5 Å². The van der Waals surface area contributed by atoms with E-state index in [1.807, 2.05) is 24.3 Å². The highest BCUT2D eigenvalue weighted by Gasteiger charge is 2.17. The number of nitrogen functional groups attached to an aromatic ring is 2. The van der Waals surface area contributed by atoms with Gasteiger partial charge in [0.15, 0.2) is 5.71 Å². The van der Waals surface area contributed by atoms with Gasteiger partial charge >= 0.3 is 0 Å². The van der Waals surface area contributed by atoms with Gasteiger partial charge in [0.05, 0.1) is 0 Å². The van der Waals surface area contributed by atoms with Crippen molar-refractivity contribution in [1.29, 1.82) is 0 Å². The summed E-state index contributed by atoms with van der Waals surface area (Å²) in [7, 11) is 4.11. The Hall–Kier alpha value is -3.24. The molecule has 0 radical (unpaired) electrons. The van der Waals surface area contributed by atoms with Crippen LogP contribution in [0.15, 0.2) is 96.1 Å². The molecule has 0 spiro atoms. The SMILES string of the molecule is C[N+](C)=C1C=CC(=C2C=C(c3ccc(N)cc3)SC(c3ccc(N)cc3)=C2)C=C1. The predicted octanol–water partition coefficient (Wildman–Crippen LogP) is 5.12. The van der Waals surface area contributed by atoms with Gasteiger partial charge in [-0.15, -0.1) is 0 Å². The number of hydrogen-bond acceptors (Lipinski definition) is 3. The second-order valence-corrected chi connectivity index (χ2v) is 8.34. The largest absolute Gasteiger partial charge is 0.399 e. The van der Waals surface area contributed by atoms with Crippen LogP contribution in [0, 0.1) is 0 Å². The third-order valence-corrected chi connectivity index (χ3v) is 6.05. The van der Waals surface area contributed by atoms with Crippen LogP contribution in [-0.4, -0.2) is 24.4 Å². The molecule has 4 rings (SSSR count). The van der Waals surface area contributed by atoms with E-state index in [1.54, 1.807) is 11.8 Å². The van der Waals surface area contributed by atoms with Gasteiger partial charge in [-0.25, -0.2) is 4.58 Å². The average Bonchev–Trinajstić information content (AvgIpc) is 2.74. The molecule has 29 heavy (non-hydrogen) atoms. The van der Waals surface area contributed by atoms with Crippen molar-refractivity contribution in [1.82, 2.24) is 0 Å². The first-order valence-corrected chi connectivity index (χ1v) is 10.3. The first-order valence-electron chi connectivity index (χ1n) is 9.47. The van der Waals surface area contributed by atoms with Gasteiger partial charge in [0.2, 0.25) is 0 Å². The van der Waals surface area contributed by atoms with Crippen molar-refractivity contribution in [3.05, 3.63) is 107 Å². The van der Waals surface area contributed by atoms with Crippen LogP contribution in [0.1, 0.15) is 11.1 Å². The zero-order valence-corrected chi connectivity index (χ0v) is 17.4. The van der Waals surface area contributed by atoms with Crippen LogP contribution in [0.2, 0.25) is 0 Å². The lowest BCUT2D eigenvalue weighted by atomic mass is 9.99. The number of hydrogen-bond donors (Lipinski definition) is 2. The second kappa shape index (κ2) is 8.02. The zero-order chi connectivity index (χ0) is 20.4. The van der Waals surface area contributed by atoms with Gasteiger partial charge in [0.1, 0.15) is 14.1 Å². The summed E-state index contributed by atoms with van der Waals surface area (Å²) in [6.45, 7) is 0. The summed E-state index contributed by atoms with van der Waals surface area (Å²) in [5.74, 6) is 0. The fourth-order valence-electron chi connectivity index (χ4n) is 3.20. The van der Waals surface area contributed by atoms with E-state index in [9.17, 15) is 0 Å². The van der Waals surface area contributed by atoms with Crippen LogP contribution in [0.25, 0.3) is 9.81 Å². The molecule has 0 bridgehead atoms. The molecule has 1 heterocycles. The van der Waals surface area contributed by atoms with E-state index in [-0.39, 0.29) is 0 Å². The molecule has 2 aromatic carbocycles. The number of anilines is 2. The van der Waals surface area contributed by atoms with E-state index in [2.05, 4.69) is 79.4 Å². The molecule has 0 aromatic heterocycles. The fraction of sp³-hybridized carbons (Fsp3) is 0.0800. The number of rotatable bonds is 2. The van der Waals surface area contributed by atoms with Gasteiger partial charge in [-0.1, -0.05) is 36.0 Å². The molecule has 1 aliphatic heterocycles. The molecular formula is C25H24N3S+. The maximum atomic E-state index is 5.89. The lowest BCUT2D eigenvalue weighted by Crippen LogP contribution is -2.10. The predicted molar refractivity (Wildman–Crippen MR) is 128 cm³/mol. The number of nitrogens with zero attached hydrogens (tertiary/aromatic N) is 1. The Morgan fingerprint density at radius 1 is 0.621 bits per heavy atom. The number of benzene rings is 2. The van der Waals surface area contributed by atoms with Crippen molar-refractivity contribution in [2.24, 2.45) is 0 Å². The number of allylic oxidation sites excluding steroid dienone is 8. The Kier molecular flexibility index (Phi) is 5.28. The Balaban J connectivity index is 1.80. The molecular weight excluding hydrogens is 374 g/mol. The van der Waals surface area contributed by atoms with Crippen LogP contribution in [0.4, 0.5) is 11.4 Å². The molecule has 4 heteroatoms. The maximum absolute atomic E-state index is 5.89. The summed E-state index contributed by atoms with van der Waals surface area (Å²) in [4.78, 5) is 2.40. The summed E-state index contributed by atoms with van der Waals surface area (Å²) in [6, 6.07) is 16.1. The normalized spacial score (nSPS) is 16.0. The van der Waals surface area contributed by atoms with Crippen LogP contribution < -0.4 is 11.5 Å². The molecule has 2 aromatic rings. The highest BCUT2D eigenvalue weighted by atomic mass is 32.2. The van der Waals surface area contributed by atoms with E-state index in [4.69, 9.17) is 11.5 Å². The smallest absolute Gasteiger partial charge is 0.199 e. The molecule has 0 atom stereocenters. The van der Waals surface area contributed by atoms with Gasteiger partial charge in [0, 0.05) is 33.3 Å². The van der Waals surface area contributed by atoms with Gasteiger partial charge in [-0.2, -0.15) is 0 Å². The summed E-state index contributed by atoms with van der Waals surface area (Å²) in [5.41, 5.74) is 19.2. The van der Waals surface area contributed by atoms with Gasteiger partial charge in [0.25, 0.3) is 0 Å². The van der Waals surface area contributed by atoms with E-state index in [0.29, 0.717) is 0 Å². The van der Waals surface area contributed by atoms with E-state index in [1.165, 1.54) is 26.7 Å². The van der Waals surface area contributed by atoms with Crippen molar-refractivity contribution in [2.45, 2.75) is 0 Å². The van der Waals surface area contributed by atoms with Crippen molar-refractivity contribution in [3.63, 3.8) is 0 Å². The average molecular weight is 399 g/mol. The van der Waals surface area contributed by atoms with Crippen molar-refractivity contribution >= 4 is 38.7 Å². The third kappa shape index (κ3) is 4.28. The Bertz CT molecular complexity index is 1040. The number of nitrogens with two attached hydrogens (primary N) is 2. The Labute approximate surface area is 176 Å². The van der Waals surface area contributed by atoms with Crippen molar-refractivity contribution in [2.75, 3.05) is 25.6 Å². The van der Waals surface area contributed by atoms with E-state index < -0.39 is 0 Å². The van der Waals surface area contributed by atoms with Gasteiger partial charge in [-0.3, -0.25) is 0 Å². The third-order valence-electron chi connectivity index (χ3n) is 4.90.